The van der Waals surface area contributed by atoms with Gasteiger partial charge >= 0.3 is 6.03 Å². The molecule has 0 unspecified atom stereocenters. The van der Waals surface area contributed by atoms with Crippen LogP contribution in [0.2, 0.25) is 0 Å². The predicted octanol–water partition coefficient (Wildman–Crippen LogP) is 2.97. The third-order valence-corrected chi connectivity index (χ3v) is 3.76. The molecule has 1 aromatic carbocycles. The minimum atomic E-state index is -0.247. The first-order valence-corrected chi connectivity index (χ1v) is 7.40. The molecule has 1 heterocycles. The average molecular weight is 292 g/mol. The van der Waals surface area contributed by atoms with E-state index in [0.717, 1.165) is 12.0 Å². The van der Waals surface area contributed by atoms with Crippen LogP contribution in [-0.2, 0) is 12.8 Å². The van der Waals surface area contributed by atoms with Gasteiger partial charge in [-0.3, -0.25) is 0 Å². The van der Waals surface area contributed by atoms with Gasteiger partial charge in [-0.2, -0.15) is 0 Å². The molecule has 0 saturated heterocycles. The topological polar surface area (TPSA) is 41.1 Å². The number of hydrogen-bond donors (Lipinski definition) is 2. The van der Waals surface area contributed by atoms with Crippen molar-refractivity contribution >= 4 is 17.4 Å². The van der Waals surface area contributed by atoms with Crippen molar-refractivity contribution in [1.29, 1.82) is 0 Å². The van der Waals surface area contributed by atoms with Crippen molar-refractivity contribution in [3.8, 4) is 0 Å². The van der Waals surface area contributed by atoms with E-state index in [9.17, 15) is 9.18 Å². The highest BCUT2D eigenvalue weighted by atomic mass is 32.1. The molecule has 0 aliphatic heterocycles. The molecule has 0 fully saturated rings. The van der Waals surface area contributed by atoms with Gasteiger partial charge in [-0.1, -0.05) is 18.2 Å². The molecule has 0 spiro atoms. The van der Waals surface area contributed by atoms with Crippen LogP contribution in [-0.4, -0.2) is 19.1 Å². The van der Waals surface area contributed by atoms with Crippen LogP contribution in [0.1, 0.15) is 10.4 Å². The van der Waals surface area contributed by atoms with Crippen molar-refractivity contribution in [2.75, 3.05) is 13.1 Å². The predicted molar refractivity (Wildman–Crippen MR) is 79.5 cm³/mol. The number of amides is 2. The molecule has 106 valence electrons. The largest absolute Gasteiger partial charge is 0.338 e. The highest BCUT2D eigenvalue weighted by Gasteiger charge is 2.01. The summed E-state index contributed by atoms with van der Waals surface area (Å²) in [5, 5.41) is 7.58. The smallest absolute Gasteiger partial charge is 0.314 e. The fourth-order valence-corrected chi connectivity index (χ4v) is 2.54. The van der Waals surface area contributed by atoms with Gasteiger partial charge < -0.3 is 10.6 Å². The van der Waals surface area contributed by atoms with Gasteiger partial charge in [0.1, 0.15) is 5.82 Å². The summed E-state index contributed by atoms with van der Waals surface area (Å²) in [7, 11) is 0. The number of carbonyl (C=O) groups excluding carboxylic acids is 1. The van der Waals surface area contributed by atoms with E-state index in [2.05, 4.69) is 10.6 Å². The number of carbonyl (C=O) groups is 1. The zero-order chi connectivity index (χ0) is 14.2. The highest BCUT2D eigenvalue weighted by molar-refractivity contribution is 7.09. The van der Waals surface area contributed by atoms with Crippen molar-refractivity contribution in [2.45, 2.75) is 12.8 Å². The van der Waals surface area contributed by atoms with E-state index in [-0.39, 0.29) is 11.8 Å². The van der Waals surface area contributed by atoms with Crippen LogP contribution >= 0.6 is 11.3 Å². The van der Waals surface area contributed by atoms with Crippen molar-refractivity contribution in [3.05, 3.63) is 58.0 Å². The Morgan fingerprint density at radius 2 is 1.90 bits per heavy atom. The van der Waals surface area contributed by atoms with Crippen LogP contribution in [0.25, 0.3) is 0 Å². The lowest BCUT2D eigenvalue weighted by molar-refractivity contribution is 0.241. The molecule has 2 amide bonds. The Balaban J connectivity index is 1.60. The van der Waals surface area contributed by atoms with Gasteiger partial charge in [0.25, 0.3) is 0 Å². The van der Waals surface area contributed by atoms with Crippen LogP contribution in [0.15, 0.2) is 41.8 Å². The van der Waals surface area contributed by atoms with Crippen molar-refractivity contribution in [2.24, 2.45) is 0 Å². The number of urea groups is 1. The maximum Gasteiger partial charge on any atom is 0.314 e. The first-order chi connectivity index (χ1) is 9.74. The van der Waals surface area contributed by atoms with Crippen LogP contribution in [0, 0.1) is 5.82 Å². The lowest BCUT2D eigenvalue weighted by Crippen LogP contribution is -2.37. The quantitative estimate of drug-likeness (QED) is 0.844. The second-order valence-corrected chi connectivity index (χ2v) is 5.42. The minimum Gasteiger partial charge on any atom is -0.338 e. The Hall–Kier alpha value is -1.88. The summed E-state index contributed by atoms with van der Waals surface area (Å²) in [5.41, 5.74) is 0.879. The van der Waals surface area contributed by atoms with Crippen molar-refractivity contribution < 1.29 is 9.18 Å². The fraction of sp³-hybridized carbons (Fsp3) is 0.267. The zero-order valence-electron chi connectivity index (χ0n) is 11.1. The van der Waals surface area contributed by atoms with E-state index in [1.165, 1.54) is 17.0 Å². The van der Waals surface area contributed by atoms with E-state index in [4.69, 9.17) is 0 Å². The van der Waals surface area contributed by atoms with Crippen LogP contribution in [0.5, 0.6) is 0 Å². The van der Waals surface area contributed by atoms with Gasteiger partial charge in [0, 0.05) is 18.0 Å². The molecule has 0 aliphatic rings. The number of benzene rings is 1. The summed E-state index contributed by atoms with van der Waals surface area (Å²) in [6.45, 7) is 1.11. The Morgan fingerprint density at radius 1 is 1.10 bits per heavy atom. The SMILES string of the molecule is O=C(NCCc1cccc(F)c1)NCCc1cccs1. The highest BCUT2D eigenvalue weighted by Crippen LogP contribution is 2.08. The minimum absolute atomic E-state index is 0.182. The summed E-state index contributed by atoms with van der Waals surface area (Å²) >= 11 is 1.68. The van der Waals surface area contributed by atoms with Gasteiger partial charge in [-0.05, 0) is 42.0 Å². The van der Waals surface area contributed by atoms with Gasteiger partial charge in [-0.25, -0.2) is 9.18 Å². The number of hydrogen-bond acceptors (Lipinski definition) is 2. The molecule has 0 saturated carbocycles. The summed E-state index contributed by atoms with van der Waals surface area (Å²) in [4.78, 5) is 12.8. The fourth-order valence-electron chi connectivity index (χ4n) is 1.83. The first kappa shape index (κ1) is 14.5. The Morgan fingerprint density at radius 3 is 2.60 bits per heavy atom. The molecule has 0 atom stereocenters. The number of nitrogens with one attached hydrogen (secondary N) is 2. The second kappa shape index (κ2) is 7.65. The first-order valence-electron chi connectivity index (χ1n) is 6.52. The van der Waals surface area contributed by atoms with Crippen LogP contribution in [0.3, 0.4) is 0 Å². The Labute approximate surface area is 121 Å². The summed E-state index contributed by atoms with van der Waals surface area (Å²) in [6, 6.07) is 10.3. The summed E-state index contributed by atoms with van der Waals surface area (Å²) in [6.07, 6.45) is 1.46. The molecule has 5 heteroatoms. The maximum absolute atomic E-state index is 13.0. The van der Waals surface area contributed by atoms with Crippen LogP contribution < -0.4 is 10.6 Å². The Kier molecular flexibility index (Phi) is 5.55. The molecular weight excluding hydrogens is 275 g/mol. The van der Waals surface area contributed by atoms with Crippen molar-refractivity contribution in [1.82, 2.24) is 10.6 Å². The monoisotopic (exact) mass is 292 g/mol. The number of rotatable bonds is 6. The van der Waals surface area contributed by atoms with E-state index in [1.807, 2.05) is 23.6 Å². The second-order valence-electron chi connectivity index (χ2n) is 4.39. The molecule has 0 bridgehead atoms. The van der Waals surface area contributed by atoms with Gasteiger partial charge in [0.15, 0.2) is 0 Å². The van der Waals surface area contributed by atoms with Crippen molar-refractivity contribution in [3.63, 3.8) is 0 Å². The molecule has 2 rings (SSSR count). The van der Waals surface area contributed by atoms with E-state index >= 15 is 0 Å². The molecule has 2 N–H and O–H groups in total. The van der Waals surface area contributed by atoms with Gasteiger partial charge in [-0.15, -0.1) is 11.3 Å². The standard InChI is InChI=1S/C15H17FN2OS/c16-13-4-1-3-12(11-13)6-8-17-15(19)18-9-7-14-5-2-10-20-14/h1-5,10-11H,6-9H2,(H2,17,18,19). The molecule has 1 aromatic heterocycles. The van der Waals surface area contributed by atoms with E-state index in [1.54, 1.807) is 17.4 Å². The number of thiophene rings is 1. The third kappa shape index (κ3) is 5.01. The summed E-state index contributed by atoms with van der Waals surface area (Å²) in [5.74, 6) is -0.247. The van der Waals surface area contributed by atoms with E-state index < -0.39 is 0 Å². The van der Waals surface area contributed by atoms with E-state index in [0.29, 0.717) is 19.5 Å². The molecular formula is C15H17FN2OS. The normalized spacial score (nSPS) is 10.2. The van der Waals surface area contributed by atoms with Gasteiger partial charge in [0.05, 0.1) is 0 Å². The zero-order valence-corrected chi connectivity index (χ0v) is 11.9. The molecule has 3 nitrogen and oxygen atoms in total. The average Bonchev–Trinajstić information content (AvgIpc) is 2.92. The molecule has 20 heavy (non-hydrogen) atoms. The lowest BCUT2D eigenvalue weighted by atomic mass is 10.1. The molecule has 0 radical (unpaired) electrons. The van der Waals surface area contributed by atoms with Crippen LogP contribution in [0.4, 0.5) is 9.18 Å². The molecule has 2 aromatic rings. The van der Waals surface area contributed by atoms with Gasteiger partial charge in [0.2, 0.25) is 0 Å². The molecule has 0 aliphatic carbocycles. The lowest BCUT2D eigenvalue weighted by Gasteiger charge is -2.07. The summed E-state index contributed by atoms with van der Waals surface area (Å²) < 4.78 is 13.0. The third-order valence-electron chi connectivity index (χ3n) is 2.83. The Bertz CT molecular complexity index is 543. The maximum atomic E-state index is 13.0. The number of halogens is 1.